The van der Waals surface area contributed by atoms with Crippen LogP contribution in [-0.4, -0.2) is 34.4 Å². The molecule has 0 spiro atoms. The van der Waals surface area contributed by atoms with E-state index in [0.29, 0.717) is 5.56 Å². The number of aliphatic imine (C=N–C) groups is 1. The summed E-state index contributed by atoms with van der Waals surface area (Å²) in [5.74, 6) is 0.733. The molecule has 0 saturated heterocycles. The molecule has 6 heteroatoms. The van der Waals surface area contributed by atoms with Gasteiger partial charge in [-0.2, -0.15) is 0 Å². The molecule has 0 atom stereocenters. The lowest BCUT2D eigenvalue weighted by molar-refractivity contribution is 0.102. The van der Waals surface area contributed by atoms with E-state index in [1.54, 1.807) is 24.7 Å². The van der Waals surface area contributed by atoms with Gasteiger partial charge in [-0.25, -0.2) is 4.98 Å². The standard InChI is InChI=1S/C19H17N5O/c25-19(14-4-6-17(7-5-14)24-11-10-20-13-24)23-16-3-1-2-15(12-16)18-21-8-9-22-18/h1-7,10-13H,8-9H2,(H,21,22)(H,23,25). The van der Waals surface area contributed by atoms with Crippen LogP contribution in [-0.2, 0) is 0 Å². The Morgan fingerprint density at radius 1 is 1.16 bits per heavy atom. The third kappa shape index (κ3) is 3.28. The predicted molar refractivity (Wildman–Crippen MR) is 97.4 cm³/mol. The zero-order valence-electron chi connectivity index (χ0n) is 13.5. The first-order chi connectivity index (χ1) is 12.3. The fraction of sp³-hybridized carbons (Fsp3) is 0.105. The van der Waals surface area contributed by atoms with Crippen molar-refractivity contribution in [3.8, 4) is 5.69 Å². The SMILES string of the molecule is O=C(Nc1cccc(C2=NCCN2)c1)c1ccc(-n2ccnc2)cc1. The average molecular weight is 331 g/mol. The minimum Gasteiger partial charge on any atom is -0.368 e. The number of nitrogens with zero attached hydrogens (tertiary/aromatic N) is 3. The molecule has 0 aliphatic carbocycles. The van der Waals surface area contributed by atoms with Crippen molar-refractivity contribution in [3.63, 3.8) is 0 Å². The molecular formula is C19H17N5O. The number of rotatable bonds is 4. The molecule has 25 heavy (non-hydrogen) atoms. The number of amidine groups is 1. The monoisotopic (exact) mass is 331 g/mol. The van der Waals surface area contributed by atoms with Gasteiger partial charge >= 0.3 is 0 Å². The minimum absolute atomic E-state index is 0.143. The summed E-state index contributed by atoms with van der Waals surface area (Å²) in [5, 5.41) is 6.17. The van der Waals surface area contributed by atoms with E-state index in [0.717, 1.165) is 35.9 Å². The highest BCUT2D eigenvalue weighted by Crippen LogP contribution is 2.15. The fourth-order valence-corrected chi connectivity index (χ4v) is 2.74. The Morgan fingerprint density at radius 3 is 2.76 bits per heavy atom. The number of anilines is 1. The summed E-state index contributed by atoms with van der Waals surface area (Å²) in [5.41, 5.74) is 3.29. The molecule has 0 fully saturated rings. The van der Waals surface area contributed by atoms with Crippen LogP contribution in [0.2, 0.25) is 0 Å². The Morgan fingerprint density at radius 2 is 2.04 bits per heavy atom. The van der Waals surface area contributed by atoms with Crippen molar-refractivity contribution in [2.24, 2.45) is 4.99 Å². The van der Waals surface area contributed by atoms with E-state index in [-0.39, 0.29) is 5.91 Å². The second-order valence-electron chi connectivity index (χ2n) is 5.71. The first kappa shape index (κ1) is 15.1. The highest BCUT2D eigenvalue weighted by molar-refractivity contribution is 6.06. The lowest BCUT2D eigenvalue weighted by Crippen LogP contribution is -2.19. The molecule has 2 aromatic carbocycles. The van der Waals surface area contributed by atoms with Crippen molar-refractivity contribution in [3.05, 3.63) is 78.4 Å². The topological polar surface area (TPSA) is 71.3 Å². The Bertz CT molecular complexity index is 913. The molecule has 0 unspecified atom stereocenters. The molecule has 2 heterocycles. The van der Waals surface area contributed by atoms with Crippen molar-refractivity contribution < 1.29 is 4.79 Å². The predicted octanol–water partition coefficient (Wildman–Crippen LogP) is 2.47. The lowest BCUT2D eigenvalue weighted by atomic mass is 10.1. The van der Waals surface area contributed by atoms with Crippen LogP contribution >= 0.6 is 0 Å². The highest BCUT2D eigenvalue weighted by Gasteiger charge is 2.10. The van der Waals surface area contributed by atoms with Gasteiger partial charge in [0.15, 0.2) is 0 Å². The summed E-state index contributed by atoms with van der Waals surface area (Å²) >= 11 is 0. The Kier molecular flexibility index (Phi) is 4.00. The lowest BCUT2D eigenvalue weighted by Gasteiger charge is -2.09. The number of hydrogen-bond acceptors (Lipinski definition) is 4. The van der Waals surface area contributed by atoms with Crippen molar-refractivity contribution in [2.45, 2.75) is 0 Å². The second kappa shape index (κ2) is 6.60. The van der Waals surface area contributed by atoms with Crippen molar-refractivity contribution in [2.75, 3.05) is 18.4 Å². The van der Waals surface area contributed by atoms with Crippen molar-refractivity contribution >= 4 is 17.4 Å². The van der Waals surface area contributed by atoms with Crippen LogP contribution in [0, 0.1) is 0 Å². The third-order valence-electron chi connectivity index (χ3n) is 4.00. The molecule has 124 valence electrons. The van der Waals surface area contributed by atoms with Gasteiger partial charge in [-0.15, -0.1) is 0 Å². The maximum atomic E-state index is 12.5. The summed E-state index contributed by atoms with van der Waals surface area (Å²) in [6.07, 6.45) is 5.30. The molecule has 1 aromatic heterocycles. The number of carbonyl (C=O) groups is 1. The summed E-state index contributed by atoms with van der Waals surface area (Å²) in [4.78, 5) is 20.9. The van der Waals surface area contributed by atoms with Crippen LogP contribution < -0.4 is 10.6 Å². The number of benzene rings is 2. The second-order valence-corrected chi connectivity index (χ2v) is 5.71. The number of hydrogen-bond donors (Lipinski definition) is 2. The van der Waals surface area contributed by atoms with Crippen LogP contribution in [0.15, 0.2) is 72.2 Å². The van der Waals surface area contributed by atoms with Crippen LogP contribution in [0.5, 0.6) is 0 Å². The number of imidazole rings is 1. The minimum atomic E-state index is -0.143. The van der Waals surface area contributed by atoms with Crippen molar-refractivity contribution in [1.29, 1.82) is 0 Å². The summed E-state index contributed by atoms with van der Waals surface area (Å²) in [7, 11) is 0. The van der Waals surface area contributed by atoms with E-state index in [2.05, 4.69) is 20.6 Å². The first-order valence-electron chi connectivity index (χ1n) is 8.08. The molecule has 1 aliphatic heterocycles. The van der Waals surface area contributed by atoms with Gasteiger partial charge in [0.05, 0.1) is 12.9 Å². The average Bonchev–Trinajstić information content (AvgIpc) is 3.36. The smallest absolute Gasteiger partial charge is 0.255 e. The van der Waals surface area contributed by atoms with Gasteiger partial charge < -0.3 is 15.2 Å². The Labute approximate surface area is 145 Å². The van der Waals surface area contributed by atoms with Gasteiger partial charge in [0.25, 0.3) is 5.91 Å². The summed E-state index contributed by atoms with van der Waals surface area (Å²) < 4.78 is 1.89. The van der Waals surface area contributed by atoms with E-state index >= 15 is 0 Å². The van der Waals surface area contributed by atoms with Gasteiger partial charge in [0.2, 0.25) is 0 Å². The number of nitrogens with one attached hydrogen (secondary N) is 2. The van der Waals surface area contributed by atoms with E-state index in [4.69, 9.17) is 0 Å². The molecule has 0 saturated carbocycles. The first-order valence-corrected chi connectivity index (χ1v) is 8.08. The Balaban J connectivity index is 1.49. The number of amides is 1. The summed E-state index contributed by atoms with van der Waals surface area (Å²) in [6, 6.07) is 15.1. The number of aromatic nitrogens is 2. The van der Waals surface area contributed by atoms with Gasteiger partial charge in [0.1, 0.15) is 5.84 Å². The van der Waals surface area contributed by atoms with E-state index < -0.39 is 0 Å². The van der Waals surface area contributed by atoms with E-state index in [9.17, 15) is 4.79 Å². The van der Waals surface area contributed by atoms with Gasteiger partial charge in [-0.1, -0.05) is 12.1 Å². The number of carbonyl (C=O) groups excluding carboxylic acids is 1. The maximum Gasteiger partial charge on any atom is 0.255 e. The molecule has 1 amide bonds. The maximum absolute atomic E-state index is 12.5. The normalized spacial score (nSPS) is 13.2. The molecule has 2 N–H and O–H groups in total. The molecule has 1 aliphatic rings. The molecule has 3 aromatic rings. The van der Waals surface area contributed by atoms with Crippen molar-refractivity contribution in [1.82, 2.24) is 14.9 Å². The summed E-state index contributed by atoms with van der Waals surface area (Å²) in [6.45, 7) is 1.64. The molecule has 4 rings (SSSR count). The van der Waals surface area contributed by atoms with Crippen LogP contribution in [0.4, 0.5) is 5.69 Å². The van der Waals surface area contributed by atoms with Crippen LogP contribution in [0.3, 0.4) is 0 Å². The highest BCUT2D eigenvalue weighted by atomic mass is 16.1. The quantitative estimate of drug-likeness (QED) is 0.771. The molecule has 0 radical (unpaired) electrons. The molecular weight excluding hydrogens is 314 g/mol. The largest absolute Gasteiger partial charge is 0.368 e. The van der Waals surface area contributed by atoms with E-state index in [1.165, 1.54) is 0 Å². The molecule has 0 bridgehead atoms. The van der Waals surface area contributed by atoms with Gasteiger partial charge in [-0.3, -0.25) is 9.79 Å². The Hall–Kier alpha value is -3.41. The van der Waals surface area contributed by atoms with Gasteiger partial charge in [0, 0.05) is 41.4 Å². The zero-order valence-corrected chi connectivity index (χ0v) is 13.5. The third-order valence-corrected chi connectivity index (χ3v) is 4.00. The van der Waals surface area contributed by atoms with Crippen LogP contribution in [0.25, 0.3) is 5.69 Å². The van der Waals surface area contributed by atoms with Gasteiger partial charge in [-0.05, 0) is 36.4 Å². The fourth-order valence-electron chi connectivity index (χ4n) is 2.74. The van der Waals surface area contributed by atoms with Crippen LogP contribution in [0.1, 0.15) is 15.9 Å². The van der Waals surface area contributed by atoms with E-state index in [1.807, 2.05) is 47.2 Å². The molecule has 6 nitrogen and oxygen atoms in total. The zero-order chi connectivity index (χ0) is 17.1.